The Morgan fingerprint density at radius 1 is 1.13 bits per heavy atom. The van der Waals surface area contributed by atoms with E-state index >= 15 is 0 Å². The molecule has 2 rings (SSSR count). The van der Waals surface area contributed by atoms with E-state index in [4.69, 9.17) is 5.11 Å². The molecular formula is C15H15FN2O4S. The summed E-state index contributed by atoms with van der Waals surface area (Å²) in [5.41, 5.74) is 0.363. The van der Waals surface area contributed by atoms with Gasteiger partial charge in [0.2, 0.25) is 0 Å². The van der Waals surface area contributed by atoms with Crippen molar-refractivity contribution in [1.29, 1.82) is 0 Å². The van der Waals surface area contributed by atoms with Crippen LogP contribution in [0.25, 0.3) is 0 Å². The fraction of sp³-hybridized carbons (Fsp3) is 0.133. The highest BCUT2D eigenvalue weighted by Crippen LogP contribution is 2.17. The van der Waals surface area contributed by atoms with E-state index in [1.807, 2.05) is 0 Å². The van der Waals surface area contributed by atoms with Gasteiger partial charge >= 0.3 is 0 Å². The molecule has 0 atom stereocenters. The Kier molecular flexibility index (Phi) is 5.30. The Bertz CT molecular complexity index is 791. The SMILES string of the molecule is O=C(NCCO)c1cccc(S(=O)(=O)Nc2ccc(F)cc2)c1. The Balaban J connectivity index is 2.22. The van der Waals surface area contributed by atoms with Crippen LogP contribution in [0.15, 0.2) is 53.4 Å². The van der Waals surface area contributed by atoms with Crippen molar-refractivity contribution in [3.05, 3.63) is 59.9 Å². The fourth-order valence-electron chi connectivity index (χ4n) is 1.81. The predicted molar refractivity (Wildman–Crippen MR) is 83.1 cm³/mol. The summed E-state index contributed by atoms with van der Waals surface area (Å²) in [4.78, 5) is 11.7. The average molecular weight is 338 g/mol. The number of carbonyl (C=O) groups excluding carboxylic acids is 1. The van der Waals surface area contributed by atoms with Crippen molar-refractivity contribution in [3.63, 3.8) is 0 Å². The molecule has 0 aliphatic heterocycles. The van der Waals surface area contributed by atoms with Gasteiger partial charge in [-0.05, 0) is 42.5 Å². The summed E-state index contributed by atoms with van der Waals surface area (Å²) in [7, 11) is -3.90. The van der Waals surface area contributed by atoms with Crippen LogP contribution in [0.2, 0.25) is 0 Å². The maximum absolute atomic E-state index is 12.8. The zero-order valence-corrected chi connectivity index (χ0v) is 12.8. The molecule has 0 fully saturated rings. The number of nitrogens with one attached hydrogen (secondary N) is 2. The second kappa shape index (κ2) is 7.21. The molecule has 1 amide bonds. The third-order valence-electron chi connectivity index (χ3n) is 2.90. The normalized spacial score (nSPS) is 11.0. The molecule has 6 nitrogen and oxygen atoms in total. The molecule has 0 unspecified atom stereocenters. The molecule has 0 saturated heterocycles. The van der Waals surface area contributed by atoms with E-state index in [-0.39, 0.29) is 29.3 Å². The van der Waals surface area contributed by atoms with E-state index in [9.17, 15) is 17.6 Å². The van der Waals surface area contributed by atoms with Crippen LogP contribution in [0.3, 0.4) is 0 Å². The van der Waals surface area contributed by atoms with Crippen LogP contribution in [0.4, 0.5) is 10.1 Å². The molecule has 0 spiro atoms. The Labute approximate surface area is 133 Å². The molecule has 23 heavy (non-hydrogen) atoms. The lowest BCUT2D eigenvalue weighted by Crippen LogP contribution is -2.26. The molecule has 0 heterocycles. The van der Waals surface area contributed by atoms with Crippen molar-refractivity contribution in [2.45, 2.75) is 4.90 Å². The molecule has 0 radical (unpaired) electrons. The standard InChI is InChI=1S/C15H15FN2O4S/c16-12-4-6-13(7-5-12)18-23(21,22)14-3-1-2-11(10-14)15(20)17-8-9-19/h1-7,10,18-19H,8-9H2,(H,17,20). The fourth-order valence-corrected chi connectivity index (χ4v) is 2.91. The zero-order valence-electron chi connectivity index (χ0n) is 12.0. The minimum atomic E-state index is -3.90. The molecule has 2 aromatic rings. The van der Waals surface area contributed by atoms with Gasteiger partial charge < -0.3 is 10.4 Å². The summed E-state index contributed by atoms with van der Waals surface area (Å²) in [6, 6.07) is 10.3. The van der Waals surface area contributed by atoms with Crippen molar-refractivity contribution < 1.29 is 22.7 Å². The topological polar surface area (TPSA) is 95.5 Å². The lowest BCUT2D eigenvalue weighted by molar-refractivity contribution is 0.0944. The molecule has 122 valence electrons. The van der Waals surface area contributed by atoms with Gasteiger partial charge in [-0.25, -0.2) is 12.8 Å². The molecule has 0 aromatic heterocycles. The molecule has 0 aliphatic rings. The highest BCUT2D eigenvalue weighted by Gasteiger charge is 2.16. The third kappa shape index (κ3) is 4.51. The number of halogens is 1. The number of sulfonamides is 1. The van der Waals surface area contributed by atoms with E-state index in [0.717, 1.165) is 12.1 Å². The number of aliphatic hydroxyl groups excluding tert-OH is 1. The second-order valence-corrected chi connectivity index (χ2v) is 6.30. The van der Waals surface area contributed by atoms with Crippen molar-refractivity contribution >= 4 is 21.6 Å². The highest BCUT2D eigenvalue weighted by molar-refractivity contribution is 7.92. The van der Waals surface area contributed by atoms with E-state index in [1.165, 1.54) is 36.4 Å². The Morgan fingerprint density at radius 2 is 1.83 bits per heavy atom. The first-order valence-electron chi connectivity index (χ1n) is 6.70. The summed E-state index contributed by atoms with van der Waals surface area (Å²) >= 11 is 0. The molecule has 0 aliphatic carbocycles. The monoisotopic (exact) mass is 338 g/mol. The van der Waals surface area contributed by atoms with Crippen LogP contribution in [0.5, 0.6) is 0 Å². The van der Waals surface area contributed by atoms with Crippen molar-refractivity contribution in [2.24, 2.45) is 0 Å². The maximum Gasteiger partial charge on any atom is 0.261 e. The van der Waals surface area contributed by atoms with E-state index in [2.05, 4.69) is 10.0 Å². The number of carbonyl (C=O) groups is 1. The smallest absolute Gasteiger partial charge is 0.261 e. The summed E-state index contributed by atoms with van der Waals surface area (Å²) < 4.78 is 39.7. The zero-order chi connectivity index (χ0) is 16.9. The van der Waals surface area contributed by atoms with Crippen molar-refractivity contribution in [2.75, 3.05) is 17.9 Å². The number of benzene rings is 2. The van der Waals surface area contributed by atoms with Crippen LogP contribution in [-0.2, 0) is 10.0 Å². The first-order chi connectivity index (χ1) is 10.9. The predicted octanol–water partition coefficient (Wildman–Crippen LogP) is 1.35. The van der Waals surface area contributed by atoms with Gasteiger partial charge in [-0.1, -0.05) is 6.07 Å². The first kappa shape index (κ1) is 16.9. The molecule has 0 saturated carbocycles. The molecule has 2 aromatic carbocycles. The average Bonchev–Trinajstić information content (AvgIpc) is 2.54. The summed E-state index contributed by atoms with van der Waals surface area (Å²) in [6.45, 7) is -0.139. The minimum absolute atomic E-state index is 0.0731. The summed E-state index contributed by atoms with van der Waals surface area (Å²) in [5.74, 6) is -0.964. The Morgan fingerprint density at radius 3 is 2.48 bits per heavy atom. The quantitative estimate of drug-likeness (QED) is 0.741. The number of hydrogen-bond acceptors (Lipinski definition) is 4. The van der Waals surface area contributed by atoms with E-state index in [0.29, 0.717) is 0 Å². The van der Waals surface area contributed by atoms with Gasteiger partial charge in [-0.2, -0.15) is 0 Å². The van der Waals surface area contributed by atoms with Gasteiger partial charge in [0.05, 0.1) is 11.5 Å². The number of rotatable bonds is 6. The highest BCUT2D eigenvalue weighted by atomic mass is 32.2. The van der Waals surface area contributed by atoms with Crippen LogP contribution in [-0.4, -0.2) is 32.6 Å². The van der Waals surface area contributed by atoms with Gasteiger partial charge in [0.15, 0.2) is 0 Å². The largest absolute Gasteiger partial charge is 0.395 e. The number of hydrogen-bond donors (Lipinski definition) is 3. The Hall–Kier alpha value is -2.45. The number of anilines is 1. The minimum Gasteiger partial charge on any atom is -0.395 e. The van der Waals surface area contributed by atoms with Crippen LogP contribution < -0.4 is 10.0 Å². The van der Waals surface area contributed by atoms with E-state index < -0.39 is 21.7 Å². The van der Waals surface area contributed by atoms with Crippen molar-refractivity contribution in [3.8, 4) is 0 Å². The second-order valence-electron chi connectivity index (χ2n) is 4.62. The van der Waals surface area contributed by atoms with Gasteiger partial charge in [0.25, 0.3) is 15.9 Å². The molecular weight excluding hydrogens is 323 g/mol. The first-order valence-corrected chi connectivity index (χ1v) is 8.18. The van der Waals surface area contributed by atoms with Crippen LogP contribution in [0.1, 0.15) is 10.4 Å². The third-order valence-corrected chi connectivity index (χ3v) is 4.28. The molecule has 0 bridgehead atoms. The number of amides is 1. The number of aliphatic hydroxyl groups is 1. The lowest BCUT2D eigenvalue weighted by atomic mass is 10.2. The van der Waals surface area contributed by atoms with Gasteiger partial charge in [-0.3, -0.25) is 9.52 Å². The molecule has 3 N–H and O–H groups in total. The van der Waals surface area contributed by atoms with Gasteiger partial charge in [-0.15, -0.1) is 0 Å². The van der Waals surface area contributed by atoms with Crippen LogP contribution in [0, 0.1) is 5.82 Å². The summed E-state index contributed by atoms with van der Waals surface area (Å²) in [6.07, 6.45) is 0. The van der Waals surface area contributed by atoms with E-state index in [1.54, 1.807) is 0 Å². The van der Waals surface area contributed by atoms with Crippen molar-refractivity contribution in [1.82, 2.24) is 5.32 Å². The molecule has 8 heteroatoms. The lowest BCUT2D eigenvalue weighted by Gasteiger charge is -2.09. The van der Waals surface area contributed by atoms with Crippen LogP contribution >= 0.6 is 0 Å². The van der Waals surface area contributed by atoms with Gasteiger partial charge in [0, 0.05) is 17.8 Å². The maximum atomic E-state index is 12.8. The summed E-state index contributed by atoms with van der Waals surface area (Å²) in [5, 5.41) is 11.1. The van der Waals surface area contributed by atoms with Gasteiger partial charge in [0.1, 0.15) is 5.82 Å².